The van der Waals surface area contributed by atoms with E-state index in [1.54, 1.807) is 0 Å². The summed E-state index contributed by atoms with van der Waals surface area (Å²) >= 11 is 4.08. The zero-order chi connectivity index (χ0) is 38.7. The van der Waals surface area contributed by atoms with Crippen LogP contribution in [0.15, 0.2) is 147 Å². The molecule has 4 aromatic rings. The maximum Gasteiger partial charge on any atom is 0.261 e. The Morgan fingerprint density at radius 3 is 0.981 bits per heavy atom. The minimum Gasteiger partial charge on any atom is -0.407 e. The highest BCUT2D eigenvalue weighted by Gasteiger charge is 2.52. The molecule has 4 atom stereocenters. The van der Waals surface area contributed by atoms with Crippen molar-refractivity contribution in [3.05, 3.63) is 147 Å². The molecule has 0 aliphatic heterocycles. The highest BCUT2D eigenvalue weighted by molar-refractivity contribution is 8.00. The van der Waals surface area contributed by atoms with Crippen molar-refractivity contribution in [2.45, 2.75) is 87.8 Å². The van der Waals surface area contributed by atoms with Crippen molar-refractivity contribution in [3.63, 3.8) is 0 Å². The number of rotatable bonds is 16. The first-order chi connectivity index (χ1) is 26.0. The first-order valence-electron chi connectivity index (χ1n) is 19.9. The Morgan fingerprint density at radius 1 is 0.500 bits per heavy atom. The largest absolute Gasteiger partial charge is 0.407 e. The topological polar surface area (TPSA) is 18.5 Å². The van der Waals surface area contributed by atoms with E-state index in [1.165, 1.54) is 46.4 Å². The lowest BCUT2D eigenvalue weighted by molar-refractivity contribution is 0.179. The maximum atomic E-state index is 7.08. The second-order valence-electron chi connectivity index (χ2n) is 16.9. The molecule has 288 valence electrons. The van der Waals surface area contributed by atoms with Crippen LogP contribution in [0, 0.1) is 11.8 Å². The van der Waals surface area contributed by atoms with Gasteiger partial charge in [0.2, 0.25) is 0 Å². The van der Waals surface area contributed by atoms with E-state index in [0.717, 1.165) is 35.2 Å². The third-order valence-electron chi connectivity index (χ3n) is 11.4. The fourth-order valence-electron chi connectivity index (χ4n) is 8.27. The van der Waals surface area contributed by atoms with Gasteiger partial charge < -0.3 is 8.85 Å². The van der Waals surface area contributed by atoms with Crippen LogP contribution in [0.5, 0.6) is 0 Å². The van der Waals surface area contributed by atoms with Gasteiger partial charge in [-0.25, -0.2) is 0 Å². The van der Waals surface area contributed by atoms with Gasteiger partial charge in [-0.05, 0) is 68.3 Å². The van der Waals surface area contributed by atoms with Crippen LogP contribution in [-0.2, 0) is 8.85 Å². The van der Waals surface area contributed by atoms with Crippen LogP contribution < -0.4 is 20.7 Å². The number of hydrogen-bond acceptors (Lipinski definition) is 4. The Labute approximate surface area is 338 Å². The summed E-state index contributed by atoms with van der Waals surface area (Å²) in [5.74, 6) is 3.41. The van der Waals surface area contributed by atoms with Gasteiger partial charge in [0.1, 0.15) is 0 Å². The second-order valence-corrected chi connectivity index (χ2v) is 28.1. The minimum absolute atomic E-state index is 0.0587. The molecule has 0 saturated heterocycles. The Hall–Kier alpha value is -2.59. The predicted molar refractivity (Wildman–Crippen MR) is 245 cm³/mol. The van der Waals surface area contributed by atoms with E-state index in [4.69, 9.17) is 8.85 Å². The molecule has 6 heteroatoms. The van der Waals surface area contributed by atoms with E-state index < -0.39 is 16.6 Å². The third kappa shape index (κ3) is 9.67. The summed E-state index contributed by atoms with van der Waals surface area (Å²) in [4.78, 5) is 0. The summed E-state index contributed by atoms with van der Waals surface area (Å²) in [5.41, 5.74) is 0. The van der Waals surface area contributed by atoms with Crippen LogP contribution >= 0.6 is 23.5 Å². The van der Waals surface area contributed by atoms with Gasteiger partial charge in [-0.15, -0.1) is 13.2 Å². The molecule has 2 fully saturated rings. The SMILES string of the molecule is C=CCS[C@@H]1CC[C@H]1CO[Si](c1ccccc1)(c1ccccc1)C(C)(C)C.C=CCS[C@H]1CC[C@@H]1CO[Si](c1ccccc1)(c1ccccc1)C(C)(C)C. The molecule has 0 amide bonds. The van der Waals surface area contributed by atoms with Gasteiger partial charge in [-0.3, -0.25) is 0 Å². The standard InChI is InChI=1S/2C24H32OSSi/c2*1-5-18-26-23-17-16-20(23)19-25-27(24(2,3)4,21-12-8-6-9-13-21)22-14-10-7-11-15-22/h2*5-15,20,23H,1,16-19H2,2-4H3/t2*20-,23+/m10/s1. The van der Waals surface area contributed by atoms with Gasteiger partial charge >= 0.3 is 0 Å². The minimum atomic E-state index is -2.38. The molecule has 6 rings (SSSR count). The Kier molecular flexibility index (Phi) is 15.4. The van der Waals surface area contributed by atoms with Crippen LogP contribution in [-0.4, -0.2) is 51.9 Å². The van der Waals surface area contributed by atoms with E-state index in [1.807, 2.05) is 35.7 Å². The average molecular weight is 793 g/mol. The van der Waals surface area contributed by atoms with Gasteiger partial charge in [0.15, 0.2) is 0 Å². The molecule has 0 radical (unpaired) electrons. The molecule has 0 heterocycles. The summed E-state index contributed by atoms with van der Waals surface area (Å²) in [6.45, 7) is 23.6. The molecule has 0 aromatic heterocycles. The van der Waals surface area contributed by atoms with E-state index in [0.29, 0.717) is 11.8 Å². The quantitative estimate of drug-likeness (QED) is 0.0831. The van der Waals surface area contributed by atoms with Gasteiger partial charge in [-0.2, -0.15) is 23.5 Å². The van der Waals surface area contributed by atoms with Crippen LogP contribution in [0.4, 0.5) is 0 Å². The van der Waals surface area contributed by atoms with Gasteiger partial charge in [0.25, 0.3) is 16.6 Å². The number of benzene rings is 4. The predicted octanol–water partition coefficient (Wildman–Crippen LogP) is 10.5. The van der Waals surface area contributed by atoms with E-state index in [-0.39, 0.29) is 10.1 Å². The number of hydrogen-bond donors (Lipinski definition) is 0. The molecular formula is C48H64O2S2Si2. The first-order valence-corrected chi connectivity index (χ1v) is 25.8. The zero-order valence-electron chi connectivity index (χ0n) is 33.7. The lowest BCUT2D eigenvalue weighted by Crippen LogP contribution is -2.67. The lowest BCUT2D eigenvalue weighted by atomic mass is 9.85. The Bertz CT molecular complexity index is 1500. The van der Waals surface area contributed by atoms with E-state index in [9.17, 15) is 0 Å². The molecule has 0 unspecified atom stereocenters. The van der Waals surface area contributed by atoms with Crippen molar-refractivity contribution in [2.75, 3.05) is 24.7 Å². The number of thioether (sulfide) groups is 2. The zero-order valence-corrected chi connectivity index (χ0v) is 37.3. The molecule has 2 nitrogen and oxygen atoms in total. The molecule has 54 heavy (non-hydrogen) atoms. The van der Waals surface area contributed by atoms with Crippen molar-refractivity contribution >= 4 is 60.9 Å². The van der Waals surface area contributed by atoms with Gasteiger partial charge in [0.05, 0.1) is 0 Å². The summed E-state index contributed by atoms with van der Waals surface area (Å²) < 4.78 is 14.2. The summed E-state index contributed by atoms with van der Waals surface area (Å²) in [6, 6.07) is 43.8. The smallest absolute Gasteiger partial charge is 0.261 e. The molecule has 0 bridgehead atoms. The molecule has 0 spiro atoms. The van der Waals surface area contributed by atoms with Crippen LogP contribution in [0.25, 0.3) is 0 Å². The molecule has 2 saturated carbocycles. The normalized spacial score (nSPS) is 20.1. The molecule has 2 aliphatic rings. The van der Waals surface area contributed by atoms with Crippen molar-refractivity contribution in [1.29, 1.82) is 0 Å². The second kappa shape index (κ2) is 19.5. The van der Waals surface area contributed by atoms with Crippen molar-refractivity contribution in [3.8, 4) is 0 Å². The monoisotopic (exact) mass is 792 g/mol. The first kappa shape index (κ1) is 42.6. The van der Waals surface area contributed by atoms with Crippen molar-refractivity contribution in [2.24, 2.45) is 11.8 Å². The van der Waals surface area contributed by atoms with Crippen molar-refractivity contribution < 1.29 is 8.85 Å². The van der Waals surface area contributed by atoms with E-state index >= 15 is 0 Å². The lowest BCUT2D eigenvalue weighted by Gasteiger charge is -2.45. The maximum absolute atomic E-state index is 7.08. The van der Waals surface area contributed by atoms with Crippen LogP contribution in [0.2, 0.25) is 10.1 Å². The summed E-state index contributed by atoms with van der Waals surface area (Å²) in [7, 11) is -4.77. The fourth-order valence-corrected chi connectivity index (χ4v) is 19.9. The summed E-state index contributed by atoms with van der Waals surface area (Å²) in [5, 5.41) is 7.06. The van der Waals surface area contributed by atoms with Gasteiger partial charge in [-0.1, -0.05) is 175 Å². The van der Waals surface area contributed by atoms with E-state index in [2.05, 4.69) is 176 Å². The molecular weight excluding hydrogens is 729 g/mol. The molecule has 0 N–H and O–H groups in total. The van der Waals surface area contributed by atoms with Crippen LogP contribution in [0.1, 0.15) is 67.2 Å². The average Bonchev–Trinajstić information content (AvgIpc) is 3.15. The summed E-state index contributed by atoms with van der Waals surface area (Å²) in [6.07, 6.45) is 9.23. The Balaban J connectivity index is 0.000000208. The highest BCUT2D eigenvalue weighted by atomic mass is 32.2. The fraction of sp³-hybridized carbons (Fsp3) is 0.417. The van der Waals surface area contributed by atoms with Crippen LogP contribution in [0.3, 0.4) is 0 Å². The highest BCUT2D eigenvalue weighted by Crippen LogP contribution is 2.43. The molecule has 4 aromatic carbocycles. The third-order valence-corrected chi connectivity index (χ3v) is 24.4. The van der Waals surface area contributed by atoms with Gasteiger partial charge in [0, 0.05) is 35.2 Å². The Morgan fingerprint density at radius 2 is 0.778 bits per heavy atom. The van der Waals surface area contributed by atoms with Crippen molar-refractivity contribution in [1.82, 2.24) is 0 Å². The molecule has 2 aliphatic carbocycles.